The zero-order valence-corrected chi connectivity index (χ0v) is 11.1. The summed E-state index contributed by atoms with van der Waals surface area (Å²) in [6, 6.07) is 1.86. The highest BCUT2D eigenvalue weighted by atomic mass is 32.1. The Morgan fingerprint density at radius 2 is 2.28 bits per heavy atom. The molecule has 0 bridgehead atoms. The van der Waals surface area contributed by atoms with Crippen molar-refractivity contribution < 1.29 is 19.4 Å². The van der Waals surface area contributed by atoms with Crippen molar-refractivity contribution in [2.24, 2.45) is 0 Å². The first-order valence-electron chi connectivity index (χ1n) is 5.24. The summed E-state index contributed by atoms with van der Waals surface area (Å²) in [7, 11) is 3.18. The third-order valence-corrected chi connectivity index (χ3v) is 3.12. The van der Waals surface area contributed by atoms with Crippen LogP contribution < -0.4 is 0 Å². The predicted octanol–water partition coefficient (Wildman–Crippen LogP) is 1.45. The van der Waals surface area contributed by atoms with Crippen molar-refractivity contribution in [3.8, 4) is 0 Å². The maximum atomic E-state index is 11.5. The molecule has 5 nitrogen and oxygen atoms in total. The van der Waals surface area contributed by atoms with E-state index in [-0.39, 0.29) is 12.5 Å². The van der Waals surface area contributed by atoms with Crippen molar-refractivity contribution in [2.45, 2.75) is 6.54 Å². The summed E-state index contributed by atoms with van der Waals surface area (Å²) in [5, 5.41) is 10.4. The van der Waals surface area contributed by atoms with Crippen LogP contribution in [0.3, 0.4) is 0 Å². The molecule has 0 aromatic carbocycles. The summed E-state index contributed by atoms with van der Waals surface area (Å²) in [6.45, 7) is 0.548. The summed E-state index contributed by atoms with van der Waals surface area (Å²) in [6.07, 6.45) is 2.63. The van der Waals surface area contributed by atoms with Crippen LogP contribution in [0.4, 0.5) is 0 Å². The highest BCUT2D eigenvalue weighted by Gasteiger charge is 2.09. The van der Waals surface area contributed by atoms with Gasteiger partial charge in [0.2, 0.25) is 5.91 Å². The number of carbonyl (C=O) groups is 2. The summed E-state index contributed by atoms with van der Waals surface area (Å²) < 4.78 is 4.77. The second kappa shape index (κ2) is 6.93. The number of rotatable bonds is 6. The molecular weight excluding hydrogens is 254 g/mol. The molecule has 0 aliphatic carbocycles. The Kier molecular flexibility index (Phi) is 5.54. The number of thiophene rings is 1. The van der Waals surface area contributed by atoms with E-state index >= 15 is 0 Å². The molecule has 0 aliphatic heterocycles. The van der Waals surface area contributed by atoms with E-state index in [9.17, 15) is 9.59 Å². The third kappa shape index (κ3) is 4.68. The van der Waals surface area contributed by atoms with Crippen LogP contribution in [0.25, 0.3) is 6.08 Å². The van der Waals surface area contributed by atoms with Gasteiger partial charge < -0.3 is 14.7 Å². The molecule has 1 amide bonds. The first-order chi connectivity index (χ1) is 8.52. The Labute approximate surface area is 109 Å². The lowest BCUT2D eigenvalue weighted by Crippen LogP contribution is -2.29. The van der Waals surface area contributed by atoms with Gasteiger partial charge in [-0.3, -0.25) is 4.79 Å². The standard InChI is InChI=1S/C12H15NO4S/c1-13(11(14)7-17-2)6-9-5-10(18-8-9)3-4-12(15)16/h3-5,8H,6-7H2,1-2H3,(H,15,16). The SMILES string of the molecule is COCC(=O)N(C)Cc1csc(C=CC(=O)O)c1. The number of nitrogens with zero attached hydrogens (tertiary/aromatic N) is 1. The number of aliphatic carboxylic acids is 1. The van der Waals surface area contributed by atoms with E-state index < -0.39 is 5.97 Å². The van der Waals surface area contributed by atoms with E-state index in [1.165, 1.54) is 24.5 Å². The van der Waals surface area contributed by atoms with Crippen LogP contribution in [0.1, 0.15) is 10.4 Å². The van der Waals surface area contributed by atoms with Gasteiger partial charge in [-0.25, -0.2) is 4.79 Å². The van der Waals surface area contributed by atoms with Crippen LogP contribution in [-0.4, -0.2) is 42.6 Å². The molecule has 0 spiro atoms. The Morgan fingerprint density at radius 3 is 2.89 bits per heavy atom. The zero-order chi connectivity index (χ0) is 13.5. The Balaban J connectivity index is 2.58. The van der Waals surface area contributed by atoms with Gasteiger partial charge in [0, 0.05) is 31.7 Å². The molecule has 0 saturated heterocycles. The minimum atomic E-state index is -0.975. The lowest BCUT2D eigenvalue weighted by Gasteiger charge is -2.15. The van der Waals surface area contributed by atoms with Crippen molar-refractivity contribution in [3.05, 3.63) is 28.0 Å². The highest BCUT2D eigenvalue weighted by molar-refractivity contribution is 7.11. The first kappa shape index (κ1) is 14.4. The second-order valence-electron chi connectivity index (χ2n) is 3.71. The number of carboxylic acids is 1. The fourth-order valence-corrected chi connectivity index (χ4v) is 2.11. The minimum Gasteiger partial charge on any atom is -0.478 e. The van der Waals surface area contributed by atoms with Crippen LogP contribution in [0.2, 0.25) is 0 Å². The molecule has 0 saturated carbocycles. The van der Waals surface area contributed by atoms with Crippen LogP contribution >= 0.6 is 11.3 Å². The fourth-order valence-electron chi connectivity index (χ4n) is 1.31. The van der Waals surface area contributed by atoms with Gasteiger partial charge in [-0.2, -0.15) is 0 Å². The minimum absolute atomic E-state index is 0.0619. The van der Waals surface area contributed by atoms with E-state index in [1.807, 2.05) is 11.4 Å². The molecule has 98 valence electrons. The Hall–Kier alpha value is -1.66. The molecule has 18 heavy (non-hydrogen) atoms. The maximum Gasteiger partial charge on any atom is 0.328 e. The number of hydrogen-bond acceptors (Lipinski definition) is 4. The Bertz CT molecular complexity index is 453. The average Bonchev–Trinajstić information content (AvgIpc) is 2.74. The molecule has 1 rings (SSSR count). The molecule has 1 heterocycles. The quantitative estimate of drug-likeness (QED) is 0.794. The van der Waals surface area contributed by atoms with Crippen molar-refractivity contribution >= 4 is 29.3 Å². The van der Waals surface area contributed by atoms with Crippen LogP contribution in [0.15, 0.2) is 17.5 Å². The number of likely N-dealkylation sites (N-methyl/N-ethyl adjacent to an activating group) is 1. The molecule has 0 radical (unpaired) electrons. The van der Waals surface area contributed by atoms with Gasteiger partial charge >= 0.3 is 5.97 Å². The van der Waals surface area contributed by atoms with E-state index in [0.717, 1.165) is 16.5 Å². The van der Waals surface area contributed by atoms with Gasteiger partial charge in [-0.05, 0) is 23.1 Å². The van der Waals surface area contributed by atoms with E-state index in [2.05, 4.69) is 0 Å². The number of carboxylic acid groups (broad SMARTS) is 1. The summed E-state index contributed by atoms with van der Waals surface area (Å²) in [4.78, 5) is 24.3. The third-order valence-electron chi connectivity index (χ3n) is 2.18. The van der Waals surface area contributed by atoms with Gasteiger partial charge in [-0.1, -0.05) is 0 Å². The average molecular weight is 269 g/mol. The number of ether oxygens (including phenoxy) is 1. The Morgan fingerprint density at radius 1 is 1.56 bits per heavy atom. The number of carbonyl (C=O) groups excluding carboxylic acids is 1. The fraction of sp³-hybridized carbons (Fsp3) is 0.333. The van der Waals surface area contributed by atoms with Gasteiger partial charge in [-0.15, -0.1) is 11.3 Å². The van der Waals surface area contributed by atoms with Gasteiger partial charge in [0.05, 0.1) is 0 Å². The van der Waals surface area contributed by atoms with E-state index in [0.29, 0.717) is 6.54 Å². The molecule has 0 aliphatic rings. The summed E-state index contributed by atoms with van der Waals surface area (Å²) in [5.74, 6) is -1.07. The van der Waals surface area contributed by atoms with Crippen molar-refractivity contribution in [3.63, 3.8) is 0 Å². The molecular formula is C12H15NO4S. The molecule has 1 N–H and O–H groups in total. The monoisotopic (exact) mass is 269 g/mol. The van der Waals surface area contributed by atoms with Crippen molar-refractivity contribution in [2.75, 3.05) is 20.8 Å². The molecule has 1 aromatic rings. The molecule has 0 unspecified atom stereocenters. The zero-order valence-electron chi connectivity index (χ0n) is 10.3. The number of methoxy groups -OCH3 is 1. The second-order valence-corrected chi connectivity index (χ2v) is 4.65. The van der Waals surface area contributed by atoms with E-state index in [4.69, 9.17) is 9.84 Å². The molecule has 0 atom stereocenters. The van der Waals surface area contributed by atoms with Gasteiger partial charge in [0.15, 0.2) is 0 Å². The van der Waals surface area contributed by atoms with Crippen molar-refractivity contribution in [1.82, 2.24) is 4.90 Å². The molecule has 0 fully saturated rings. The molecule has 1 aromatic heterocycles. The summed E-state index contributed by atoms with van der Waals surface area (Å²) in [5.41, 5.74) is 0.969. The summed E-state index contributed by atoms with van der Waals surface area (Å²) >= 11 is 1.44. The smallest absolute Gasteiger partial charge is 0.328 e. The van der Waals surface area contributed by atoms with Crippen LogP contribution in [-0.2, 0) is 20.9 Å². The maximum absolute atomic E-state index is 11.5. The van der Waals surface area contributed by atoms with Gasteiger partial charge in [0.25, 0.3) is 0 Å². The van der Waals surface area contributed by atoms with Crippen LogP contribution in [0, 0.1) is 0 Å². The van der Waals surface area contributed by atoms with Crippen molar-refractivity contribution in [1.29, 1.82) is 0 Å². The van der Waals surface area contributed by atoms with Crippen LogP contribution in [0.5, 0.6) is 0 Å². The topological polar surface area (TPSA) is 66.8 Å². The largest absolute Gasteiger partial charge is 0.478 e. The first-order valence-corrected chi connectivity index (χ1v) is 6.12. The molecule has 6 heteroatoms. The number of hydrogen-bond donors (Lipinski definition) is 1. The normalized spacial score (nSPS) is 10.8. The lowest BCUT2D eigenvalue weighted by molar-refractivity contribution is -0.134. The van der Waals surface area contributed by atoms with Gasteiger partial charge in [0.1, 0.15) is 6.61 Å². The highest BCUT2D eigenvalue weighted by Crippen LogP contribution is 2.17. The lowest BCUT2D eigenvalue weighted by atomic mass is 10.3. The van der Waals surface area contributed by atoms with E-state index in [1.54, 1.807) is 11.9 Å². The number of amides is 1. The predicted molar refractivity (Wildman–Crippen MR) is 69.3 cm³/mol.